The number of hydrogen-bond acceptors (Lipinski definition) is 4. The lowest BCUT2D eigenvalue weighted by Crippen LogP contribution is -2.26. The molecule has 2 aromatic rings. The zero-order valence-electron chi connectivity index (χ0n) is 10.4. The van der Waals surface area contributed by atoms with Crippen LogP contribution in [0.1, 0.15) is 10.4 Å². The monoisotopic (exact) mass is 293 g/mol. The van der Waals surface area contributed by atoms with Gasteiger partial charge < -0.3 is 10.4 Å². The fraction of sp³-hybridized carbons (Fsp3) is 0.154. The second-order valence-corrected chi connectivity index (χ2v) is 4.36. The minimum Gasteiger partial charge on any atom is -0.395 e. The largest absolute Gasteiger partial charge is 0.395 e. The zero-order valence-corrected chi connectivity index (χ0v) is 11.2. The summed E-state index contributed by atoms with van der Waals surface area (Å²) in [5, 5.41) is 11.4. The molecule has 0 aliphatic rings. The molecular weight excluding hydrogens is 282 g/mol. The van der Waals surface area contributed by atoms with Crippen molar-refractivity contribution < 1.29 is 9.90 Å². The first-order chi connectivity index (χ1) is 9.61. The van der Waals surface area contributed by atoms with Crippen LogP contribution in [0.4, 0.5) is 5.82 Å². The van der Waals surface area contributed by atoms with Crippen LogP contribution in [0.5, 0.6) is 0 Å². The van der Waals surface area contributed by atoms with Crippen molar-refractivity contribution >= 4 is 23.3 Å². The number of hydrogen-bond donors (Lipinski definition) is 2. The van der Waals surface area contributed by atoms with E-state index < -0.39 is 11.6 Å². The number of aliphatic hydroxyl groups is 1. The standard InChI is InChI=1S/C13H12ClN3O3/c14-10-8-17(6-7-18)13(20)16-11(10)15-12(19)9-4-2-1-3-5-9/h1-5,8,18H,6-7H2,(H,15,16,19,20). The van der Waals surface area contributed by atoms with Crippen molar-refractivity contribution in [1.29, 1.82) is 0 Å². The molecule has 7 heteroatoms. The number of aliphatic hydroxyl groups excluding tert-OH is 1. The Morgan fingerprint density at radius 1 is 1.35 bits per heavy atom. The van der Waals surface area contributed by atoms with E-state index in [0.717, 1.165) is 0 Å². The van der Waals surface area contributed by atoms with Gasteiger partial charge in [0.25, 0.3) is 5.91 Å². The smallest absolute Gasteiger partial charge is 0.349 e. The van der Waals surface area contributed by atoms with Crippen LogP contribution in [0.3, 0.4) is 0 Å². The zero-order chi connectivity index (χ0) is 14.5. The lowest BCUT2D eigenvalue weighted by molar-refractivity contribution is 0.102. The van der Waals surface area contributed by atoms with Crippen LogP contribution in [0.2, 0.25) is 5.02 Å². The van der Waals surface area contributed by atoms with Gasteiger partial charge in [0.05, 0.1) is 18.2 Å². The maximum absolute atomic E-state index is 11.9. The van der Waals surface area contributed by atoms with E-state index in [1.54, 1.807) is 30.3 Å². The second kappa shape index (κ2) is 6.31. The average molecular weight is 294 g/mol. The molecule has 6 nitrogen and oxygen atoms in total. The molecule has 2 N–H and O–H groups in total. The number of halogens is 1. The molecule has 0 unspecified atom stereocenters. The predicted octanol–water partition coefficient (Wildman–Crippen LogP) is 1.14. The molecule has 1 heterocycles. The van der Waals surface area contributed by atoms with E-state index in [-0.39, 0.29) is 24.0 Å². The van der Waals surface area contributed by atoms with Crippen LogP contribution < -0.4 is 11.0 Å². The van der Waals surface area contributed by atoms with Gasteiger partial charge in [0.1, 0.15) is 0 Å². The third kappa shape index (κ3) is 3.23. The molecule has 1 aromatic heterocycles. The fourth-order valence-electron chi connectivity index (χ4n) is 1.59. The summed E-state index contributed by atoms with van der Waals surface area (Å²) < 4.78 is 1.17. The molecule has 0 saturated heterocycles. The highest BCUT2D eigenvalue weighted by molar-refractivity contribution is 6.33. The highest BCUT2D eigenvalue weighted by Crippen LogP contribution is 2.17. The summed E-state index contributed by atoms with van der Waals surface area (Å²) >= 11 is 5.95. The lowest BCUT2D eigenvalue weighted by atomic mass is 10.2. The van der Waals surface area contributed by atoms with Crippen LogP contribution in [0, 0.1) is 0 Å². The van der Waals surface area contributed by atoms with E-state index >= 15 is 0 Å². The normalized spacial score (nSPS) is 10.3. The predicted molar refractivity (Wildman–Crippen MR) is 75.0 cm³/mol. The second-order valence-electron chi connectivity index (χ2n) is 3.96. The van der Waals surface area contributed by atoms with E-state index in [0.29, 0.717) is 5.56 Å². The van der Waals surface area contributed by atoms with Crippen LogP contribution in [-0.4, -0.2) is 27.2 Å². The maximum atomic E-state index is 11.9. The number of nitrogens with zero attached hydrogens (tertiary/aromatic N) is 2. The van der Waals surface area contributed by atoms with Gasteiger partial charge in [-0.3, -0.25) is 9.36 Å². The number of rotatable bonds is 4. The molecule has 0 spiro atoms. The molecule has 1 aromatic carbocycles. The lowest BCUT2D eigenvalue weighted by Gasteiger charge is -2.08. The van der Waals surface area contributed by atoms with Crippen molar-refractivity contribution in [2.75, 3.05) is 11.9 Å². The molecule has 2 rings (SSSR count). The number of benzene rings is 1. The first kappa shape index (κ1) is 14.2. The van der Waals surface area contributed by atoms with Crippen LogP contribution in [0.15, 0.2) is 41.3 Å². The number of nitrogens with one attached hydrogen (secondary N) is 1. The highest BCUT2D eigenvalue weighted by Gasteiger charge is 2.11. The van der Waals surface area contributed by atoms with Crippen LogP contribution in [0.25, 0.3) is 0 Å². The molecule has 0 fully saturated rings. The van der Waals surface area contributed by atoms with Gasteiger partial charge in [-0.05, 0) is 12.1 Å². The first-order valence-electron chi connectivity index (χ1n) is 5.86. The van der Waals surface area contributed by atoms with Crippen molar-refractivity contribution in [2.24, 2.45) is 0 Å². The Morgan fingerprint density at radius 2 is 2.05 bits per heavy atom. The molecule has 0 bridgehead atoms. The summed E-state index contributed by atoms with van der Waals surface area (Å²) in [7, 11) is 0. The summed E-state index contributed by atoms with van der Waals surface area (Å²) in [6.45, 7) is -0.105. The third-order valence-corrected chi connectivity index (χ3v) is 2.83. The van der Waals surface area contributed by atoms with Gasteiger partial charge in [0, 0.05) is 11.8 Å². The number of carbonyl (C=O) groups excluding carboxylic acids is 1. The number of carbonyl (C=O) groups is 1. The average Bonchev–Trinajstić information content (AvgIpc) is 2.45. The summed E-state index contributed by atoms with van der Waals surface area (Å²) in [5.41, 5.74) is -0.156. The Morgan fingerprint density at radius 3 is 2.70 bits per heavy atom. The van der Waals surface area contributed by atoms with E-state index in [2.05, 4.69) is 10.3 Å². The van der Waals surface area contributed by atoms with Gasteiger partial charge in [0.15, 0.2) is 5.82 Å². The number of aromatic nitrogens is 2. The van der Waals surface area contributed by atoms with Gasteiger partial charge in [-0.2, -0.15) is 4.98 Å². The van der Waals surface area contributed by atoms with Gasteiger partial charge in [-0.1, -0.05) is 29.8 Å². The van der Waals surface area contributed by atoms with Gasteiger partial charge >= 0.3 is 5.69 Å². The summed E-state index contributed by atoms with van der Waals surface area (Å²) in [5.74, 6) is -0.404. The third-order valence-electron chi connectivity index (χ3n) is 2.56. The molecule has 0 saturated carbocycles. The van der Waals surface area contributed by atoms with Gasteiger partial charge in [-0.25, -0.2) is 4.79 Å². The van der Waals surface area contributed by atoms with Crippen molar-refractivity contribution in [2.45, 2.75) is 6.54 Å². The minimum atomic E-state index is -0.591. The number of anilines is 1. The number of amides is 1. The maximum Gasteiger partial charge on any atom is 0.349 e. The Labute approximate surface area is 119 Å². The Bertz CT molecular complexity index is 670. The summed E-state index contributed by atoms with van der Waals surface area (Å²) in [4.78, 5) is 27.2. The molecule has 0 aliphatic carbocycles. The molecule has 0 radical (unpaired) electrons. The first-order valence-corrected chi connectivity index (χ1v) is 6.24. The minimum absolute atomic E-state index is 0.000269. The summed E-state index contributed by atoms with van der Waals surface area (Å²) in [6.07, 6.45) is 1.33. The van der Waals surface area contributed by atoms with E-state index in [4.69, 9.17) is 16.7 Å². The molecule has 104 valence electrons. The molecule has 20 heavy (non-hydrogen) atoms. The molecule has 1 amide bonds. The molecule has 0 atom stereocenters. The Kier molecular flexibility index (Phi) is 4.49. The SMILES string of the molecule is O=C(Nc1nc(=O)n(CCO)cc1Cl)c1ccccc1. The van der Waals surface area contributed by atoms with E-state index in [1.165, 1.54) is 10.8 Å². The molecule has 0 aliphatic heterocycles. The molecular formula is C13H12ClN3O3. The van der Waals surface area contributed by atoms with Crippen molar-refractivity contribution in [1.82, 2.24) is 9.55 Å². The van der Waals surface area contributed by atoms with Crippen molar-refractivity contribution in [3.63, 3.8) is 0 Å². The van der Waals surface area contributed by atoms with Crippen molar-refractivity contribution in [3.05, 3.63) is 57.6 Å². The van der Waals surface area contributed by atoms with Gasteiger partial charge in [-0.15, -0.1) is 0 Å². The quantitative estimate of drug-likeness (QED) is 0.885. The van der Waals surface area contributed by atoms with Crippen LogP contribution >= 0.6 is 11.6 Å². The van der Waals surface area contributed by atoms with E-state index in [9.17, 15) is 9.59 Å². The fourth-order valence-corrected chi connectivity index (χ4v) is 1.80. The Balaban J connectivity index is 2.24. The summed E-state index contributed by atoms with van der Waals surface area (Å²) in [6, 6.07) is 8.51. The highest BCUT2D eigenvalue weighted by atomic mass is 35.5. The van der Waals surface area contributed by atoms with E-state index in [1.807, 2.05) is 0 Å². The topological polar surface area (TPSA) is 84.2 Å². The van der Waals surface area contributed by atoms with Crippen LogP contribution in [-0.2, 0) is 6.54 Å². The van der Waals surface area contributed by atoms with Gasteiger partial charge in [0.2, 0.25) is 0 Å². The van der Waals surface area contributed by atoms with Crippen molar-refractivity contribution in [3.8, 4) is 0 Å². The Hall–Kier alpha value is -2.18.